The van der Waals surface area contributed by atoms with Crippen LogP contribution in [0, 0.1) is 11.3 Å². The highest BCUT2D eigenvalue weighted by Gasteiger charge is 2.30. The summed E-state index contributed by atoms with van der Waals surface area (Å²) in [4.78, 5) is 0. The Labute approximate surface area is 111 Å². The summed E-state index contributed by atoms with van der Waals surface area (Å²) in [6.07, 6.45) is 1.16. The topological polar surface area (TPSA) is 12.0 Å². The molecule has 0 aliphatic heterocycles. The highest BCUT2D eigenvalue weighted by Crippen LogP contribution is 2.31. The summed E-state index contributed by atoms with van der Waals surface area (Å²) in [6, 6.07) is 2.25. The predicted octanol–water partition coefficient (Wildman–Crippen LogP) is 4.34. The van der Waals surface area contributed by atoms with E-state index in [-0.39, 0.29) is 5.54 Å². The number of thiophene rings is 1. The highest BCUT2D eigenvalue weighted by atomic mass is 32.1. The average Bonchev–Trinajstić information content (AvgIpc) is 2.66. The molecule has 0 fully saturated rings. The Kier molecular flexibility index (Phi) is 4.79. The van der Waals surface area contributed by atoms with Crippen LogP contribution in [0.5, 0.6) is 0 Å². The summed E-state index contributed by atoms with van der Waals surface area (Å²) in [5, 5.41) is 8.11. The minimum atomic E-state index is 0.199. The van der Waals surface area contributed by atoms with Crippen molar-refractivity contribution in [2.24, 2.45) is 11.3 Å². The molecule has 0 aliphatic rings. The number of hydrogen-bond acceptors (Lipinski definition) is 2. The van der Waals surface area contributed by atoms with Crippen molar-refractivity contribution in [2.45, 2.75) is 53.5 Å². The van der Waals surface area contributed by atoms with Gasteiger partial charge in [-0.15, -0.1) is 0 Å². The lowest BCUT2D eigenvalue weighted by molar-refractivity contribution is 0.188. The molecule has 0 bridgehead atoms. The Hall–Kier alpha value is -0.340. The lowest BCUT2D eigenvalue weighted by Gasteiger charge is -2.37. The van der Waals surface area contributed by atoms with Crippen LogP contribution < -0.4 is 5.32 Å². The maximum Gasteiger partial charge on any atom is 0.00967 e. The van der Waals surface area contributed by atoms with Gasteiger partial charge >= 0.3 is 0 Å². The van der Waals surface area contributed by atoms with E-state index in [1.54, 1.807) is 11.3 Å². The Balaban J connectivity index is 2.69. The van der Waals surface area contributed by atoms with E-state index in [1.807, 2.05) is 0 Å². The second kappa shape index (κ2) is 5.53. The maximum atomic E-state index is 3.66. The Bertz CT molecular complexity index is 321. The first kappa shape index (κ1) is 14.7. The molecule has 1 atom stereocenters. The SMILES string of the molecule is CC(C)C(C)(CNC(C)(C)C)Cc1ccsc1. The van der Waals surface area contributed by atoms with Crippen LogP contribution >= 0.6 is 11.3 Å². The molecule has 0 spiro atoms. The van der Waals surface area contributed by atoms with Crippen LogP contribution in [0.15, 0.2) is 16.8 Å². The summed E-state index contributed by atoms with van der Waals surface area (Å²) in [5.74, 6) is 0.678. The fourth-order valence-electron chi connectivity index (χ4n) is 1.80. The van der Waals surface area contributed by atoms with Crippen molar-refractivity contribution < 1.29 is 0 Å². The van der Waals surface area contributed by atoms with Gasteiger partial charge in [0.1, 0.15) is 0 Å². The van der Waals surface area contributed by atoms with E-state index < -0.39 is 0 Å². The molecule has 1 nitrogen and oxygen atoms in total. The number of rotatable bonds is 5. The third-order valence-electron chi connectivity index (χ3n) is 3.60. The molecule has 98 valence electrons. The average molecular weight is 253 g/mol. The summed E-state index contributed by atoms with van der Waals surface area (Å²) in [7, 11) is 0. The van der Waals surface area contributed by atoms with Gasteiger partial charge in [0.15, 0.2) is 0 Å². The summed E-state index contributed by atoms with van der Waals surface area (Å²) in [6.45, 7) is 14.8. The molecule has 1 rings (SSSR count). The van der Waals surface area contributed by atoms with Gasteiger partial charge in [-0.25, -0.2) is 0 Å². The standard InChI is InChI=1S/C15H27NS/c1-12(2)15(6,11-16-14(3,4)5)9-13-7-8-17-10-13/h7-8,10,12,16H,9,11H2,1-6H3. The Morgan fingerprint density at radius 1 is 1.24 bits per heavy atom. The monoisotopic (exact) mass is 253 g/mol. The maximum absolute atomic E-state index is 3.66. The van der Waals surface area contributed by atoms with Crippen LogP contribution in [0.4, 0.5) is 0 Å². The lowest BCUT2D eigenvalue weighted by Crippen LogP contribution is -2.45. The van der Waals surface area contributed by atoms with E-state index in [0.29, 0.717) is 11.3 Å². The zero-order valence-electron chi connectivity index (χ0n) is 12.1. The van der Waals surface area contributed by atoms with Gasteiger partial charge in [0.25, 0.3) is 0 Å². The van der Waals surface area contributed by atoms with Gasteiger partial charge in [0.2, 0.25) is 0 Å². The Morgan fingerprint density at radius 3 is 2.29 bits per heavy atom. The third kappa shape index (κ3) is 4.81. The molecule has 1 unspecified atom stereocenters. The fourth-order valence-corrected chi connectivity index (χ4v) is 2.47. The van der Waals surface area contributed by atoms with Crippen molar-refractivity contribution in [2.75, 3.05) is 6.54 Å². The van der Waals surface area contributed by atoms with Gasteiger partial charge in [-0.3, -0.25) is 0 Å². The summed E-state index contributed by atoms with van der Waals surface area (Å²) < 4.78 is 0. The first-order valence-corrected chi connectivity index (χ1v) is 7.43. The normalized spacial score (nSPS) is 16.2. The van der Waals surface area contributed by atoms with Crippen molar-refractivity contribution in [1.82, 2.24) is 5.32 Å². The molecule has 17 heavy (non-hydrogen) atoms. The second-order valence-electron chi connectivity index (χ2n) is 6.72. The van der Waals surface area contributed by atoms with Gasteiger partial charge in [0.05, 0.1) is 0 Å². The van der Waals surface area contributed by atoms with Crippen molar-refractivity contribution in [3.63, 3.8) is 0 Å². The molecule has 1 heterocycles. The quantitative estimate of drug-likeness (QED) is 0.823. The highest BCUT2D eigenvalue weighted by molar-refractivity contribution is 7.07. The fraction of sp³-hybridized carbons (Fsp3) is 0.733. The number of hydrogen-bond donors (Lipinski definition) is 1. The van der Waals surface area contributed by atoms with E-state index in [4.69, 9.17) is 0 Å². The lowest BCUT2D eigenvalue weighted by atomic mass is 9.74. The number of nitrogens with one attached hydrogen (secondary N) is 1. The van der Waals surface area contributed by atoms with Crippen LogP contribution in [-0.4, -0.2) is 12.1 Å². The molecule has 0 saturated heterocycles. The predicted molar refractivity (Wildman–Crippen MR) is 78.7 cm³/mol. The molecule has 1 aromatic rings. The van der Waals surface area contributed by atoms with E-state index in [9.17, 15) is 0 Å². The molecule has 0 aromatic carbocycles. The van der Waals surface area contributed by atoms with Gasteiger partial charge < -0.3 is 5.32 Å². The van der Waals surface area contributed by atoms with E-state index in [1.165, 1.54) is 5.56 Å². The largest absolute Gasteiger partial charge is 0.312 e. The molecule has 0 amide bonds. The molecular weight excluding hydrogens is 226 g/mol. The van der Waals surface area contributed by atoms with E-state index in [0.717, 1.165) is 13.0 Å². The first-order valence-electron chi connectivity index (χ1n) is 6.49. The second-order valence-corrected chi connectivity index (χ2v) is 7.50. The van der Waals surface area contributed by atoms with Crippen LogP contribution in [0.25, 0.3) is 0 Å². The zero-order valence-corrected chi connectivity index (χ0v) is 12.9. The first-order chi connectivity index (χ1) is 7.73. The van der Waals surface area contributed by atoms with Crippen LogP contribution in [0.2, 0.25) is 0 Å². The van der Waals surface area contributed by atoms with Crippen molar-refractivity contribution >= 4 is 11.3 Å². The smallest absolute Gasteiger partial charge is 0.00967 e. The van der Waals surface area contributed by atoms with Crippen LogP contribution in [0.1, 0.15) is 47.1 Å². The van der Waals surface area contributed by atoms with Crippen LogP contribution in [-0.2, 0) is 6.42 Å². The molecule has 1 aromatic heterocycles. The van der Waals surface area contributed by atoms with Crippen molar-refractivity contribution in [3.8, 4) is 0 Å². The van der Waals surface area contributed by atoms with E-state index >= 15 is 0 Å². The molecule has 0 saturated carbocycles. The molecular formula is C15H27NS. The van der Waals surface area contributed by atoms with Gasteiger partial charge in [-0.2, -0.15) is 11.3 Å². The minimum absolute atomic E-state index is 0.199. The molecule has 0 aliphatic carbocycles. The van der Waals surface area contributed by atoms with Gasteiger partial charge in [-0.05, 0) is 60.9 Å². The third-order valence-corrected chi connectivity index (χ3v) is 4.34. The van der Waals surface area contributed by atoms with Gasteiger partial charge in [0, 0.05) is 12.1 Å². The van der Waals surface area contributed by atoms with E-state index in [2.05, 4.69) is 63.7 Å². The summed E-state index contributed by atoms with van der Waals surface area (Å²) in [5.41, 5.74) is 2.00. The molecule has 2 heteroatoms. The van der Waals surface area contributed by atoms with Crippen molar-refractivity contribution in [3.05, 3.63) is 22.4 Å². The minimum Gasteiger partial charge on any atom is -0.312 e. The summed E-state index contributed by atoms with van der Waals surface area (Å²) >= 11 is 1.80. The molecule has 0 radical (unpaired) electrons. The molecule has 1 N–H and O–H groups in total. The van der Waals surface area contributed by atoms with Gasteiger partial charge in [-0.1, -0.05) is 20.8 Å². The van der Waals surface area contributed by atoms with Crippen molar-refractivity contribution in [1.29, 1.82) is 0 Å². The Morgan fingerprint density at radius 2 is 1.88 bits per heavy atom. The zero-order chi connectivity index (χ0) is 13.1. The van der Waals surface area contributed by atoms with Crippen LogP contribution in [0.3, 0.4) is 0 Å².